The van der Waals surface area contributed by atoms with Gasteiger partial charge in [-0.25, -0.2) is 0 Å². The number of aliphatic hydroxyl groups is 5. The zero-order chi connectivity index (χ0) is 88.5. The Labute approximate surface area is 683 Å². The van der Waals surface area contributed by atoms with Crippen LogP contribution in [0.15, 0.2) is 0 Å². The maximum atomic E-state index is 12.5. The SMILES string of the molecule is CC(O)(CC1CC2CCC1C2)C(F)(F)F.CO[Si](C)(C)C.CO[Si](C)(C)C.C[Si](C)(C)OCl.C[Si](C)(C)OCl.C[Si](C)(C)OCl.OC(CC1CC2CC1C1C3CCC(C3)C21)C(F)(F)F.OC(CC1CC2CCC1C2)(C(F)(F)F)C(F)(F)F.OC(CC1CC2CCC1C2)(C(F)(F)F)C(F)(F)F.OC(CC1CC2CCC1C2)C(F)(F)F. The number of hydrogen-bond acceptors (Lipinski definition) is 10. The minimum absolute atomic E-state index is 0.0503. The number of alkyl halides is 21. The van der Waals surface area contributed by atoms with E-state index in [-0.39, 0.29) is 60.7 Å². The Morgan fingerprint density at radius 3 is 0.772 bits per heavy atom. The van der Waals surface area contributed by atoms with Gasteiger partial charge in [0, 0.05) is 49.8 Å². The van der Waals surface area contributed by atoms with Gasteiger partial charge >= 0.3 is 43.2 Å². The topological polar surface area (TPSA) is 147 Å². The Morgan fingerprint density at radius 2 is 0.553 bits per heavy atom. The Kier molecular flexibility index (Phi) is 39.8. The van der Waals surface area contributed by atoms with Crippen LogP contribution in [0.1, 0.15) is 174 Å². The van der Waals surface area contributed by atoms with Crippen LogP contribution in [0.2, 0.25) is 98.2 Å². The van der Waals surface area contributed by atoms with Crippen molar-refractivity contribution in [2.75, 3.05) is 14.2 Å². The van der Waals surface area contributed by atoms with E-state index in [1.165, 1.54) is 32.1 Å². The lowest BCUT2D eigenvalue weighted by Gasteiger charge is -2.39. The van der Waals surface area contributed by atoms with Crippen LogP contribution in [0.5, 0.6) is 0 Å². The van der Waals surface area contributed by atoms with Crippen molar-refractivity contribution >= 4 is 77.2 Å². The Morgan fingerprint density at radius 1 is 0.307 bits per heavy atom. The van der Waals surface area contributed by atoms with Crippen molar-refractivity contribution in [3.63, 3.8) is 0 Å². The summed E-state index contributed by atoms with van der Waals surface area (Å²) >= 11 is 15.1. The summed E-state index contributed by atoms with van der Waals surface area (Å²) in [5.41, 5.74) is -11.6. The zero-order valence-electron chi connectivity index (χ0n) is 69.4. The molecule has 0 amide bonds. The van der Waals surface area contributed by atoms with Crippen molar-refractivity contribution in [2.24, 2.45) is 112 Å². The molecule has 0 radical (unpaired) electrons. The van der Waals surface area contributed by atoms with E-state index in [2.05, 4.69) is 51.2 Å². The van der Waals surface area contributed by atoms with Gasteiger partial charge in [-0.3, -0.25) is 0 Å². The summed E-state index contributed by atoms with van der Waals surface area (Å²) in [7, 11) is -2.82. The third kappa shape index (κ3) is 33.2. The molecule has 0 aromatic heterocycles. The van der Waals surface area contributed by atoms with E-state index in [1.54, 1.807) is 14.2 Å². The molecule has 22 atom stereocenters. The second kappa shape index (κ2) is 41.9. The summed E-state index contributed by atoms with van der Waals surface area (Å²) in [6, 6.07) is 0. The van der Waals surface area contributed by atoms with Gasteiger partial charge in [0.05, 0.1) is 0 Å². The molecular formula is C75H132Cl3F21O10Si5. The van der Waals surface area contributed by atoms with E-state index in [0.29, 0.717) is 80.0 Å². The molecule has 0 aliphatic heterocycles. The lowest BCUT2D eigenvalue weighted by Crippen LogP contribution is -2.58. The lowest BCUT2D eigenvalue weighted by atomic mass is 9.66. The van der Waals surface area contributed by atoms with E-state index < -0.39 is 139 Å². The van der Waals surface area contributed by atoms with Crippen molar-refractivity contribution in [3.05, 3.63) is 0 Å². The fourth-order valence-electron chi connectivity index (χ4n) is 19.5. The van der Waals surface area contributed by atoms with Gasteiger partial charge in [0.25, 0.3) is 11.2 Å². The second-order valence-electron chi connectivity index (χ2n) is 39.8. The number of fused-ring (bicyclic) bond motifs is 17. The second-order valence-corrected chi connectivity index (χ2v) is 63.6. The van der Waals surface area contributed by atoms with Crippen molar-refractivity contribution < 1.29 is 139 Å². The molecule has 5 N–H and O–H groups in total. The van der Waals surface area contributed by atoms with Gasteiger partial charge in [-0.05, 0) is 359 Å². The minimum Gasteiger partial charge on any atom is -0.421 e. The molecule has 12 saturated carbocycles. The molecular weight excluding hydrogens is 1710 g/mol. The van der Waals surface area contributed by atoms with Gasteiger partial charge in [-0.1, -0.05) is 25.7 Å². The average Bonchev–Trinajstić information content (AvgIpc) is 1.55. The van der Waals surface area contributed by atoms with Crippen LogP contribution in [0.4, 0.5) is 92.2 Å². The molecule has 0 aromatic rings. The normalized spacial score (nSPS) is 32.4. The summed E-state index contributed by atoms with van der Waals surface area (Å²) in [4.78, 5) is 0. The number of aliphatic hydroxyl groups excluding tert-OH is 2. The first kappa shape index (κ1) is 108. The van der Waals surface area contributed by atoms with E-state index in [4.69, 9.17) is 59.8 Å². The highest BCUT2D eigenvalue weighted by molar-refractivity contribution is 6.73. The third-order valence-corrected chi connectivity index (χ3v) is 33.4. The molecule has 0 saturated heterocycles. The molecule has 12 aliphatic rings. The van der Waals surface area contributed by atoms with E-state index in [1.807, 2.05) is 58.9 Å². The van der Waals surface area contributed by atoms with Gasteiger partial charge in [-0.15, -0.1) is 0 Å². The molecule has 10 nitrogen and oxygen atoms in total. The van der Waals surface area contributed by atoms with Crippen LogP contribution < -0.4 is 0 Å². The fraction of sp³-hybridized carbons (Fsp3) is 1.00. The Balaban J connectivity index is 0.000000339. The molecule has 39 heteroatoms. The maximum Gasteiger partial charge on any atom is 0.426 e. The number of halogens is 24. The molecule has 12 fully saturated rings. The summed E-state index contributed by atoms with van der Waals surface area (Å²) < 4.78 is 285. The van der Waals surface area contributed by atoms with Crippen LogP contribution >= 0.6 is 35.6 Å². The summed E-state index contributed by atoms with van der Waals surface area (Å²) in [6.07, 6.45) is -23.1. The van der Waals surface area contributed by atoms with Gasteiger partial charge in [0.1, 0.15) is 12.2 Å². The number of rotatable bonds is 15. The summed E-state index contributed by atoms with van der Waals surface area (Å²) in [5.74, 6) is 5.85. The first-order valence-electron chi connectivity index (χ1n) is 40.1. The standard InChI is InChI=1S/C15H21F3O.2C11H14F6O.C11H17F3O.C10H15F3O.2C4H12OSi.3C3H9ClOSi/c16-15(17,18)12(19)6-9-4-10-5-11(9)14-8-2-1-7(3-8)13(10)14;2*12-10(13,14)9(18,11(15,16)17)5-8-4-6-1-2-7(8)3-6;1-10(15,11(12,13)14)6-9-5-7-2-3-8(9)4-7;11-10(12,13)9(14)5-8-4-6-1-2-7(8)3-6;2*1-5-6(2,3)4;3*1-6(2,3)5-4/h7-14,19H,1-6H2;2*6-8,18H,1-5H2;7-9,15H,2-6H2,1H3;6-9,14H,1-5H2;2*1-4H3;3*1-3H3. The molecule has 0 heterocycles. The van der Waals surface area contributed by atoms with Crippen molar-refractivity contribution in [1.29, 1.82) is 0 Å². The van der Waals surface area contributed by atoms with Crippen LogP contribution in [0.25, 0.3) is 0 Å². The van der Waals surface area contributed by atoms with E-state index in [9.17, 15) is 102 Å². The summed E-state index contributed by atoms with van der Waals surface area (Å²) in [6.45, 7) is 32.1. The zero-order valence-corrected chi connectivity index (χ0v) is 76.6. The van der Waals surface area contributed by atoms with Crippen molar-refractivity contribution in [3.8, 4) is 0 Å². The van der Waals surface area contributed by atoms with Gasteiger partial charge in [-0.2, -0.15) is 92.2 Å². The predicted octanol–water partition coefficient (Wildman–Crippen LogP) is 25.7. The Bertz CT molecular complexity index is 2640. The Hall–Kier alpha value is 0.0844. The summed E-state index contributed by atoms with van der Waals surface area (Å²) in [5, 5.41) is 45.9. The average molecular weight is 1840 g/mol. The van der Waals surface area contributed by atoms with Gasteiger partial charge in [0.15, 0.2) is 22.2 Å². The molecule has 12 bridgehead atoms. The molecule has 114 heavy (non-hydrogen) atoms. The van der Waals surface area contributed by atoms with E-state index in [0.717, 1.165) is 88.9 Å². The highest BCUT2D eigenvalue weighted by atomic mass is 35.5. The van der Waals surface area contributed by atoms with Crippen LogP contribution in [0.3, 0.4) is 0 Å². The van der Waals surface area contributed by atoms with Gasteiger partial charge < -0.3 is 46.3 Å². The van der Waals surface area contributed by atoms with E-state index >= 15 is 0 Å². The monoisotopic (exact) mass is 1840 g/mol. The minimum atomic E-state index is -5.67. The molecule has 12 aliphatic carbocycles. The molecule has 12 rings (SSSR count). The third-order valence-electron chi connectivity index (χ3n) is 25.4. The van der Waals surface area contributed by atoms with Crippen LogP contribution in [-0.4, -0.2) is 154 Å². The molecule has 0 spiro atoms. The predicted molar refractivity (Wildman–Crippen MR) is 413 cm³/mol. The maximum absolute atomic E-state index is 12.5. The van der Waals surface area contributed by atoms with Gasteiger partial charge in [0.2, 0.25) is 25.0 Å². The molecule has 0 aromatic carbocycles. The highest BCUT2D eigenvalue weighted by Crippen LogP contribution is 2.70. The molecule has 22 unspecified atom stereocenters. The van der Waals surface area contributed by atoms with Crippen molar-refractivity contribution in [2.45, 2.75) is 344 Å². The first-order chi connectivity index (χ1) is 51.1. The fourth-order valence-corrected chi connectivity index (χ4v) is 19.5. The van der Waals surface area contributed by atoms with Crippen LogP contribution in [-0.2, 0) is 20.8 Å². The number of hydrogen-bond donors (Lipinski definition) is 5. The largest absolute Gasteiger partial charge is 0.426 e. The highest BCUT2D eigenvalue weighted by Gasteiger charge is 2.73. The lowest BCUT2D eigenvalue weighted by molar-refractivity contribution is -0.373. The smallest absolute Gasteiger partial charge is 0.421 e. The van der Waals surface area contributed by atoms with Crippen LogP contribution in [0, 0.1) is 112 Å². The van der Waals surface area contributed by atoms with Crippen molar-refractivity contribution in [1.82, 2.24) is 0 Å². The quantitative estimate of drug-likeness (QED) is 0.0610. The first-order valence-corrected chi connectivity index (χ1v) is 58.1. The molecule has 680 valence electrons.